The van der Waals surface area contributed by atoms with Crippen LogP contribution in [0.4, 0.5) is 17.6 Å². The number of aromatic nitrogens is 1. The molecule has 2 aromatic rings. The highest BCUT2D eigenvalue weighted by molar-refractivity contribution is 5.85. The highest BCUT2D eigenvalue weighted by Crippen LogP contribution is 2.32. The maximum Gasteiger partial charge on any atom is 0.401 e. The van der Waals surface area contributed by atoms with Crippen LogP contribution in [0.1, 0.15) is 18.2 Å². The standard InChI is InChI=1S/C14H14F4N2/c1-8-4-11-10-3-2-9(15)5-12(10)19-13(11)6-20(8)7-14(16,17)18/h2-3,5,8,19H,4,6-7H2,1H3/t8-/m1/s1. The zero-order chi connectivity index (χ0) is 14.5. The number of hydrogen-bond acceptors (Lipinski definition) is 1. The fourth-order valence-corrected chi connectivity index (χ4v) is 2.88. The predicted octanol–water partition coefficient (Wildman–Crippen LogP) is 3.62. The van der Waals surface area contributed by atoms with E-state index in [0.29, 0.717) is 11.9 Å². The molecule has 108 valence electrons. The molecule has 20 heavy (non-hydrogen) atoms. The van der Waals surface area contributed by atoms with Crippen molar-refractivity contribution in [3.8, 4) is 0 Å². The SMILES string of the molecule is C[C@@H]1Cc2c([nH]c3cc(F)ccc23)CN1CC(F)(F)F. The van der Waals surface area contributed by atoms with Gasteiger partial charge in [-0.15, -0.1) is 0 Å². The zero-order valence-electron chi connectivity index (χ0n) is 10.9. The van der Waals surface area contributed by atoms with Gasteiger partial charge < -0.3 is 4.98 Å². The van der Waals surface area contributed by atoms with Gasteiger partial charge in [-0.1, -0.05) is 0 Å². The molecule has 0 spiro atoms. The van der Waals surface area contributed by atoms with Gasteiger partial charge in [0.2, 0.25) is 0 Å². The van der Waals surface area contributed by atoms with E-state index in [-0.39, 0.29) is 18.4 Å². The lowest BCUT2D eigenvalue weighted by Gasteiger charge is -2.33. The van der Waals surface area contributed by atoms with E-state index in [2.05, 4.69) is 4.98 Å². The van der Waals surface area contributed by atoms with Crippen molar-refractivity contribution in [2.24, 2.45) is 0 Å². The van der Waals surface area contributed by atoms with Crippen LogP contribution in [-0.2, 0) is 13.0 Å². The van der Waals surface area contributed by atoms with Gasteiger partial charge in [-0.05, 0) is 37.1 Å². The second-order valence-corrected chi connectivity index (χ2v) is 5.35. The molecule has 0 saturated heterocycles. The molecule has 0 aliphatic carbocycles. The summed E-state index contributed by atoms with van der Waals surface area (Å²) in [6.07, 6.45) is -3.67. The van der Waals surface area contributed by atoms with E-state index in [1.807, 2.05) is 0 Å². The lowest BCUT2D eigenvalue weighted by molar-refractivity contribution is -0.152. The van der Waals surface area contributed by atoms with E-state index < -0.39 is 12.7 Å². The van der Waals surface area contributed by atoms with Crippen molar-refractivity contribution < 1.29 is 17.6 Å². The molecule has 0 saturated carbocycles. The van der Waals surface area contributed by atoms with Gasteiger partial charge in [-0.25, -0.2) is 4.39 Å². The summed E-state index contributed by atoms with van der Waals surface area (Å²) < 4.78 is 50.8. The average Bonchev–Trinajstić information content (AvgIpc) is 2.64. The third-order valence-electron chi connectivity index (χ3n) is 3.82. The second-order valence-electron chi connectivity index (χ2n) is 5.35. The fraction of sp³-hybridized carbons (Fsp3) is 0.429. The predicted molar refractivity (Wildman–Crippen MR) is 67.9 cm³/mol. The molecule has 6 heteroatoms. The molecule has 1 aromatic carbocycles. The lowest BCUT2D eigenvalue weighted by Crippen LogP contribution is -2.43. The molecule has 1 aliphatic heterocycles. The summed E-state index contributed by atoms with van der Waals surface area (Å²) in [7, 11) is 0. The number of H-pyrrole nitrogens is 1. The van der Waals surface area contributed by atoms with Gasteiger partial charge in [-0.3, -0.25) is 4.90 Å². The van der Waals surface area contributed by atoms with Crippen molar-refractivity contribution in [3.63, 3.8) is 0 Å². The van der Waals surface area contributed by atoms with Gasteiger partial charge in [-0.2, -0.15) is 13.2 Å². The molecule has 0 radical (unpaired) electrons. The molecule has 0 unspecified atom stereocenters. The van der Waals surface area contributed by atoms with Crippen LogP contribution in [0.15, 0.2) is 18.2 Å². The van der Waals surface area contributed by atoms with E-state index in [0.717, 1.165) is 16.6 Å². The number of aromatic amines is 1. The monoisotopic (exact) mass is 286 g/mol. The summed E-state index contributed by atoms with van der Waals surface area (Å²) in [5.41, 5.74) is 2.41. The smallest absolute Gasteiger partial charge is 0.357 e. The minimum atomic E-state index is -4.20. The van der Waals surface area contributed by atoms with Crippen molar-refractivity contribution in [2.75, 3.05) is 6.54 Å². The molecule has 3 rings (SSSR count). The zero-order valence-corrected chi connectivity index (χ0v) is 10.9. The number of hydrogen-bond donors (Lipinski definition) is 1. The summed E-state index contributed by atoms with van der Waals surface area (Å²) in [6, 6.07) is 4.26. The first-order valence-electron chi connectivity index (χ1n) is 6.43. The third-order valence-corrected chi connectivity index (χ3v) is 3.82. The number of fused-ring (bicyclic) bond motifs is 3. The van der Waals surface area contributed by atoms with Crippen LogP contribution in [0.3, 0.4) is 0 Å². The summed E-state index contributed by atoms with van der Waals surface area (Å²) >= 11 is 0. The first-order valence-corrected chi connectivity index (χ1v) is 6.43. The maximum atomic E-state index is 13.2. The Balaban J connectivity index is 1.96. The summed E-state index contributed by atoms with van der Waals surface area (Å²) in [4.78, 5) is 4.44. The number of nitrogens with zero attached hydrogens (tertiary/aromatic N) is 1. The van der Waals surface area contributed by atoms with E-state index in [1.165, 1.54) is 17.0 Å². The van der Waals surface area contributed by atoms with E-state index in [1.54, 1.807) is 13.0 Å². The third kappa shape index (κ3) is 2.40. The van der Waals surface area contributed by atoms with E-state index in [9.17, 15) is 17.6 Å². The van der Waals surface area contributed by atoms with Crippen LogP contribution in [0, 0.1) is 5.82 Å². The summed E-state index contributed by atoms with van der Waals surface area (Å²) in [5, 5.41) is 0.903. The van der Waals surface area contributed by atoms with Crippen molar-refractivity contribution in [1.29, 1.82) is 0 Å². The van der Waals surface area contributed by atoms with Gasteiger partial charge in [0.25, 0.3) is 0 Å². The number of alkyl halides is 3. The van der Waals surface area contributed by atoms with Crippen LogP contribution in [0.25, 0.3) is 10.9 Å². The Morgan fingerprint density at radius 3 is 2.80 bits per heavy atom. The van der Waals surface area contributed by atoms with Gasteiger partial charge >= 0.3 is 6.18 Å². The van der Waals surface area contributed by atoms with Crippen LogP contribution in [0.5, 0.6) is 0 Å². The Labute approximate surface area is 113 Å². The fourth-order valence-electron chi connectivity index (χ4n) is 2.88. The van der Waals surface area contributed by atoms with Crippen molar-refractivity contribution in [1.82, 2.24) is 9.88 Å². The van der Waals surface area contributed by atoms with Crippen LogP contribution < -0.4 is 0 Å². The average molecular weight is 286 g/mol. The molecular weight excluding hydrogens is 272 g/mol. The first kappa shape index (κ1) is 13.4. The number of nitrogens with one attached hydrogen (secondary N) is 1. The Bertz CT molecular complexity index is 644. The van der Waals surface area contributed by atoms with Gasteiger partial charge in [0, 0.05) is 29.2 Å². The minimum Gasteiger partial charge on any atom is -0.357 e. The topological polar surface area (TPSA) is 19.0 Å². The Kier molecular flexibility index (Phi) is 3.01. The molecule has 1 aliphatic rings. The highest BCUT2D eigenvalue weighted by atomic mass is 19.4. The van der Waals surface area contributed by atoms with Crippen LogP contribution >= 0.6 is 0 Å². The Morgan fingerprint density at radius 2 is 2.10 bits per heavy atom. The molecule has 1 atom stereocenters. The van der Waals surface area contributed by atoms with Gasteiger partial charge in [0.1, 0.15) is 5.82 Å². The van der Waals surface area contributed by atoms with Crippen LogP contribution in [0.2, 0.25) is 0 Å². The quantitative estimate of drug-likeness (QED) is 0.793. The van der Waals surface area contributed by atoms with Crippen molar-refractivity contribution in [3.05, 3.63) is 35.3 Å². The lowest BCUT2D eigenvalue weighted by atomic mass is 9.97. The minimum absolute atomic E-state index is 0.187. The van der Waals surface area contributed by atoms with Crippen LogP contribution in [-0.4, -0.2) is 28.6 Å². The summed E-state index contributed by atoms with van der Waals surface area (Å²) in [5.74, 6) is -0.351. The largest absolute Gasteiger partial charge is 0.401 e. The molecule has 1 N–H and O–H groups in total. The number of benzene rings is 1. The number of rotatable bonds is 1. The van der Waals surface area contributed by atoms with Gasteiger partial charge in [0.15, 0.2) is 0 Å². The second kappa shape index (κ2) is 4.48. The summed E-state index contributed by atoms with van der Waals surface area (Å²) in [6.45, 7) is 1.08. The number of halogens is 4. The van der Waals surface area contributed by atoms with Crippen molar-refractivity contribution in [2.45, 2.75) is 32.1 Å². The normalized spacial score (nSPS) is 20.4. The molecule has 2 heterocycles. The maximum absolute atomic E-state index is 13.2. The highest BCUT2D eigenvalue weighted by Gasteiger charge is 2.35. The molecule has 0 fully saturated rings. The molecule has 0 amide bonds. The molecule has 1 aromatic heterocycles. The van der Waals surface area contributed by atoms with Gasteiger partial charge in [0.05, 0.1) is 6.54 Å². The van der Waals surface area contributed by atoms with E-state index in [4.69, 9.17) is 0 Å². The molecule has 2 nitrogen and oxygen atoms in total. The Morgan fingerprint density at radius 1 is 1.35 bits per heavy atom. The van der Waals surface area contributed by atoms with E-state index >= 15 is 0 Å². The first-order chi connectivity index (χ1) is 9.33. The molecule has 0 bridgehead atoms. The van der Waals surface area contributed by atoms with Crippen molar-refractivity contribution >= 4 is 10.9 Å². The Hall–Kier alpha value is -1.56. The molecular formula is C14H14F4N2.